The average Bonchev–Trinajstić information content (AvgIpc) is 1.83. The van der Waals surface area contributed by atoms with E-state index in [1.165, 1.54) is 0 Å². The van der Waals surface area contributed by atoms with E-state index in [0.717, 1.165) is 13.8 Å². The van der Waals surface area contributed by atoms with Crippen LogP contribution < -0.4 is 0 Å². The Morgan fingerprint density at radius 1 is 0.867 bits per heavy atom. The van der Waals surface area contributed by atoms with Crippen LogP contribution in [0, 0.1) is 0 Å². The Kier molecular flexibility index (Phi) is 10.8. The average molecular weight is 282 g/mol. The van der Waals surface area contributed by atoms with E-state index in [1.54, 1.807) is 0 Å². The van der Waals surface area contributed by atoms with E-state index in [9.17, 15) is 25.9 Å². The van der Waals surface area contributed by atoms with Crippen molar-refractivity contribution in [2.45, 2.75) is 13.8 Å². The summed E-state index contributed by atoms with van der Waals surface area (Å²) in [5.41, 5.74) is 0. The van der Waals surface area contributed by atoms with E-state index < -0.39 is 20.2 Å². The van der Waals surface area contributed by atoms with Gasteiger partial charge in [0, 0.05) is 9.81 Å². The molecule has 0 aromatic heterocycles. The molecule has 0 atom stereocenters. The molecule has 0 aliphatic carbocycles. The molecule has 0 aliphatic rings. The normalized spacial score (nSPS) is 10.4. The van der Waals surface area contributed by atoms with Gasteiger partial charge < -0.3 is 9.11 Å². The van der Waals surface area contributed by atoms with Gasteiger partial charge in [-0.05, 0) is 13.8 Å². The standard InChI is InChI=1S/2C3H6O3S.Ca/c2*1-3(2)7(4,5)6;/h2*1H2,2H3,(H,4,5,6);/q;;+2/p-2. The second-order valence-corrected chi connectivity index (χ2v) is 5.52. The zero-order chi connectivity index (χ0) is 12.2. The van der Waals surface area contributed by atoms with Crippen LogP contribution >= 0.6 is 0 Å². The van der Waals surface area contributed by atoms with Crippen molar-refractivity contribution in [1.29, 1.82) is 0 Å². The van der Waals surface area contributed by atoms with Crippen LogP contribution in [0.5, 0.6) is 0 Å². The van der Waals surface area contributed by atoms with Crippen LogP contribution in [0.25, 0.3) is 0 Å². The molecule has 0 amide bonds. The molecule has 0 aromatic carbocycles. The van der Waals surface area contributed by atoms with Gasteiger partial charge in [-0.1, -0.05) is 13.2 Å². The Morgan fingerprint density at radius 3 is 0.933 bits per heavy atom. The molecule has 84 valence electrons. The molecule has 0 heterocycles. The molecule has 0 saturated carbocycles. The Bertz CT molecular complexity index is 377. The van der Waals surface area contributed by atoms with E-state index in [-0.39, 0.29) is 47.5 Å². The second-order valence-electron chi connectivity index (χ2n) is 2.31. The fraction of sp³-hybridized carbons (Fsp3) is 0.333. The Balaban J connectivity index is -0.000000180. The predicted octanol–water partition coefficient (Wildman–Crippen LogP) is -0.250. The maximum Gasteiger partial charge on any atom is 2.00 e. The topological polar surface area (TPSA) is 114 Å². The molecule has 0 unspecified atom stereocenters. The Morgan fingerprint density at radius 2 is 0.933 bits per heavy atom. The maximum atomic E-state index is 9.68. The van der Waals surface area contributed by atoms with Crippen LogP contribution in [0.15, 0.2) is 23.0 Å². The van der Waals surface area contributed by atoms with Crippen molar-refractivity contribution in [1.82, 2.24) is 0 Å². The largest absolute Gasteiger partial charge is 2.00 e. The molecular weight excluding hydrogens is 272 g/mol. The summed E-state index contributed by atoms with van der Waals surface area (Å²) in [4.78, 5) is -0.681. The third-order valence-corrected chi connectivity index (χ3v) is 2.56. The third kappa shape index (κ3) is 14.6. The molecule has 6 nitrogen and oxygen atoms in total. The molecule has 0 spiro atoms. The minimum absolute atomic E-state index is 0. The molecule has 9 heteroatoms. The van der Waals surface area contributed by atoms with Crippen molar-refractivity contribution in [2.75, 3.05) is 0 Å². The van der Waals surface area contributed by atoms with Crippen molar-refractivity contribution in [2.24, 2.45) is 0 Å². The molecule has 0 bridgehead atoms. The molecule has 15 heavy (non-hydrogen) atoms. The second kappa shape index (κ2) is 7.77. The van der Waals surface area contributed by atoms with E-state index in [4.69, 9.17) is 0 Å². The van der Waals surface area contributed by atoms with Crippen molar-refractivity contribution in [3.63, 3.8) is 0 Å². The van der Waals surface area contributed by atoms with Crippen LogP contribution in [-0.4, -0.2) is 63.7 Å². The molecule has 0 fully saturated rings. The van der Waals surface area contributed by atoms with E-state index in [1.807, 2.05) is 0 Å². The molecule has 0 aliphatic heterocycles. The van der Waals surface area contributed by atoms with Gasteiger partial charge in [-0.25, -0.2) is 16.8 Å². The molecule has 0 rings (SSSR count). The van der Waals surface area contributed by atoms with Gasteiger partial charge >= 0.3 is 37.7 Å². The van der Waals surface area contributed by atoms with Gasteiger partial charge in [-0.2, -0.15) is 0 Å². The van der Waals surface area contributed by atoms with E-state index in [2.05, 4.69) is 13.2 Å². The van der Waals surface area contributed by atoms with Gasteiger partial charge in [0.1, 0.15) is 20.2 Å². The van der Waals surface area contributed by atoms with Crippen LogP contribution in [0.3, 0.4) is 0 Å². The quantitative estimate of drug-likeness (QED) is 0.509. The summed E-state index contributed by atoms with van der Waals surface area (Å²) in [6.45, 7) is 8.16. The monoisotopic (exact) mass is 282 g/mol. The zero-order valence-corrected chi connectivity index (χ0v) is 12.2. The Labute approximate surface area is 120 Å². The maximum absolute atomic E-state index is 9.68. The van der Waals surface area contributed by atoms with Crippen molar-refractivity contribution >= 4 is 58.0 Å². The third-order valence-electron chi connectivity index (χ3n) is 0.854. The molecule has 0 N–H and O–H groups in total. The van der Waals surface area contributed by atoms with Crippen LogP contribution in [0.1, 0.15) is 13.8 Å². The minimum atomic E-state index is -4.19. The fourth-order valence-electron chi connectivity index (χ4n) is 0. The number of hydrogen-bond acceptors (Lipinski definition) is 6. The molecule has 0 radical (unpaired) electrons. The van der Waals surface area contributed by atoms with Gasteiger partial charge in [0.05, 0.1) is 0 Å². The van der Waals surface area contributed by atoms with E-state index in [0.29, 0.717) is 0 Å². The van der Waals surface area contributed by atoms with Gasteiger partial charge in [0.2, 0.25) is 0 Å². The van der Waals surface area contributed by atoms with E-state index >= 15 is 0 Å². The van der Waals surface area contributed by atoms with Crippen LogP contribution in [-0.2, 0) is 20.2 Å². The SMILES string of the molecule is C=C(C)S(=O)(=O)[O-].C=C(C)S(=O)(=O)[O-].[Ca+2]. The van der Waals surface area contributed by atoms with Crippen molar-refractivity contribution in [3.05, 3.63) is 23.0 Å². The molecule has 0 aromatic rings. The predicted molar refractivity (Wildman–Crippen MR) is 54.8 cm³/mol. The molecular formula is C6H10CaO6S2. The smallest absolute Gasteiger partial charge is 0.744 e. The first kappa shape index (κ1) is 20.9. The van der Waals surface area contributed by atoms with Crippen LogP contribution in [0.4, 0.5) is 0 Å². The first-order valence-electron chi connectivity index (χ1n) is 3.12. The van der Waals surface area contributed by atoms with Crippen molar-refractivity contribution < 1.29 is 25.9 Å². The van der Waals surface area contributed by atoms with Gasteiger partial charge in [-0.15, -0.1) is 0 Å². The fourth-order valence-corrected chi connectivity index (χ4v) is 0. The molecule has 0 saturated heterocycles. The Hall–Kier alpha value is 0.560. The van der Waals surface area contributed by atoms with Gasteiger partial charge in [0.25, 0.3) is 0 Å². The summed E-state index contributed by atoms with van der Waals surface area (Å²) in [7, 11) is -8.37. The number of allylic oxidation sites excluding steroid dienone is 2. The number of hydrogen-bond donors (Lipinski definition) is 0. The van der Waals surface area contributed by atoms with Crippen molar-refractivity contribution in [3.8, 4) is 0 Å². The van der Waals surface area contributed by atoms with Gasteiger partial charge in [0.15, 0.2) is 0 Å². The zero-order valence-electron chi connectivity index (χ0n) is 8.39. The number of rotatable bonds is 2. The minimum Gasteiger partial charge on any atom is -0.744 e. The van der Waals surface area contributed by atoms with Crippen LogP contribution in [0.2, 0.25) is 0 Å². The first-order valence-corrected chi connectivity index (χ1v) is 5.93. The summed E-state index contributed by atoms with van der Waals surface area (Å²) in [6, 6.07) is 0. The van der Waals surface area contributed by atoms with Gasteiger partial charge in [-0.3, -0.25) is 0 Å². The summed E-state index contributed by atoms with van der Waals surface area (Å²) in [6.07, 6.45) is 0. The summed E-state index contributed by atoms with van der Waals surface area (Å²) in [5.74, 6) is 0. The first-order chi connectivity index (χ1) is 5.89. The summed E-state index contributed by atoms with van der Waals surface area (Å²) in [5, 5.41) is 0. The summed E-state index contributed by atoms with van der Waals surface area (Å²) < 4.78 is 58.1. The summed E-state index contributed by atoms with van der Waals surface area (Å²) >= 11 is 0.